The highest BCUT2D eigenvalue weighted by Crippen LogP contribution is 2.33. The molecular formula is C19H24N2. The van der Waals surface area contributed by atoms with E-state index in [0.29, 0.717) is 0 Å². The summed E-state index contributed by atoms with van der Waals surface area (Å²) in [6.07, 6.45) is 3.55. The summed E-state index contributed by atoms with van der Waals surface area (Å²) in [6, 6.07) is 17.6. The van der Waals surface area contributed by atoms with Crippen LogP contribution < -0.4 is 10.2 Å². The van der Waals surface area contributed by atoms with Crippen molar-refractivity contribution in [1.82, 2.24) is 5.32 Å². The van der Waals surface area contributed by atoms with Crippen molar-refractivity contribution >= 4 is 5.69 Å². The molecule has 1 aliphatic heterocycles. The van der Waals surface area contributed by atoms with Crippen molar-refractivity contribution in [3.8, 4) is 0 Å². The van der Waals surface area contributed by atoms with Gasteiger partial charge in [0.15, 0.2) is 0 Å². The van der Waals surface area contributed by atoms with E-state index in [9.17, 15) is 0 Å². The van der Waals surface area contributed by atoms with Crippen molar-refractivity contribution < 1.29 is 0 Å². The molecule has 0 fully saturated rings. The summed E-state index contributed by atoms with van der Waals surface area (Å²) < 4.78 is 0. The molecule has 0 atom stereocenters. The second-order valence-electron chi connectivity index (χ2n) is 5.79. The van der Waals surface area contributed by atoms with Gasteiger partial charge >= 0.3 is 0 Å². The molecule has 0 amide bonds. The summed E-state index contributed by atoms with van der Waals surface area (Å²) in [5.74, 6) is 0. The topological polar surface area (TPSA) is 15.3 Å². The largest absolute Gasteiger partial charge is 0.366 e. The van der Waals surface area contributed by atoms with E-state index in [1.807, 2.05) is 7.05 Å². The van der Waals surface area contributed by atoms with Crippen LogP contribution in [-0.2, 0) is 19.4 Å². The van der Waals surface area contributed by atoms with Gasteiger partial charge in [0.1, 0.15) is 0 Å². The molecule has 1 aliphatic rings. The summed E-state index contributed by atoms with van der Waals surface area (Å²) in [5, 5.41) is 3.24. The van der Waals surface area contributed by atoms with Crippen LogP contribution in [0.25, 0.3) is 0 Å². The normalized spacial score (nSPS) is 13.5. The van der Waals surface area contributed by atoms with Gasteiger partial charge in [-0.1, -0.05) is 48.5 Å². The zero-order valence-electron chi connectivity index (χ0n) is 12.8. The molecule has 2 nitrogen and oxygen atoms in total. The smallest absolute Gasteiger partial charge is 0.0435 e. The quantitative estimate of drug-likeness (QED) is 0.816. The Morgan fingerprint density at radius 2 is 1.90 bits per heavy atom. The third-order valence-corrected chi connectivity index (χ3v) is 4.26. The molecule has 0 aromatic heterocycles. The van der Waals surface area contributed by atoms with Gasteiger partial charge in [0.2, 0.25) is 0 Å². The van der Waals surface area contributed by atoms with Gasteiger partial charge < -0.3 is 10.2 Å². The predicted octanol–water partition coefficient (Wildman–Crippen LogP) is 3.40. The van der Waals surface area contributed by atoms with Gasteiger partial charge in [-0.25, -0.2) is 0 Å². The minimum atomic E-state index is 1.02. The maximum atomic E-state index is 3.24. The summed E-state index contributed by atoms with van der Waals surface area (Å²) in [4.78, 5) is 2.55. The summed E-state index contributed by atoms with van der Waals surface area (Å²) in [5.41, 5.74) is 5.93. The van der Waals surface area contributed by atoms with Crippen LogP contribution in [0.3, 0.4) is 0 Å². The van der Waals surface area contributed by atoms with Gasteiger partial charge in [0.05, 0.1) is 0 Å². The Balaban J connectivity index is 1.79. The highest BCUT2D eigenvalue weighted by atomic mass is 15.1. The van der Waals surface area contributed by atoms with Crippen LogP contribution >= 0.6 is 0 Å². The van der Waals surface area contributed by atoms with Crippen LogP contribution in [0.15, 0.2) is 48.5 Å². The summed E-state index contributed by atoms with van der Waals surface area (Å²) in [7, 11) is 2.02. The lowest BCUT2D eigenvalue weighted by atomic mass is 10.0. The Hall–Kier alpha value is -1.80. The number of hydrogen-bond donors (Lipinski definition) is 1. The highest BCUT2D eigenvalue weighted by molar-refractivity contribution is 5.63. The average Bonchev–Trinajstić information content (AvgIpc) is 2.93. The van der Waals surface area contributed by atoms with E-state index in [1.54, 1.807) is 0 Å². The zero-order valence-corrected chi connectivity index (χ0v) is 12.8. The molecule has 0 unspecified atom stereocenters. The monoisotopic (exact) mass is 280 g/mol. The second kappa shape index (κ2) is 6.77. The number of fused-ring (bicyclic) bond motifs is 1. The van der Waals surface area contributed by atoms with Gasteiger partial charge in [-0.2, -0.15) is 0 Å². The minimum absolute atomic E-state index is 1.02. The van der Waals surface area contributed by atoms with Gasteiger partial charge in [0.25, 0.3) is 0 Å². The number of rotatable bonds is 6. The molecule has 3 rings (SSSR count). The number of nitrogens with one attached hydrogen (secondary N) is 1. The molecule has 1 N–H and O–H groups in total. The fourth-order valence-electron chi connectivity index (χ4n) is 3.24. The first-order valence-corrected chi connectivity index (χ1v) is 7.92. The Morgan fingerprint density at radius 3 is 2.71 bits per heavy atom. The molecule has 21 heavy (non-hydrogen) atoms. The molecule has 0 saturated carbocycles. The van der Waals surface area contributed by atoms with Crippen molar-refractivity contribution in [1.29, 1.82) is 0 Å². The lowest BCUT2D eigenvalue weighted by Crippen LogP contribution is -2.21. The van der Waals surface area contributed by atoms with Gasteiger partial charge in [-0.15, -0.1) is 0 Å². The van der Waals surface area contributed by atoms with E-state index < -0.39 is 0 Å². The van der Waals surface area contributed by atoms with Crippen molar-refractivity contribution in [3.05, 3.63) is 65.2 Å². The Morgan fingerprint density at radius 1 is 1.05 bits per heavy atom. The second-order valence-corrected chi connectivity index (χ2v) is 5.79. The molecule has 0 saturated heterocycles. The molecule has 0 radical (unpaired) electrons. The third kappa shape index (κ3) is 3.27. The first-order chi connectivity index (χ1) is 10.4. The van der Waals surface area contributed by atoms with Crippen LogP contribution in [0.4, 0.5) is 5.69 Å². The zero-order chi connectivity index (χ0) is 14.5. The molecule has 0 spiro atoms. The molecular weight excluding hydrogens is 256 g/mol. The summed E-state index contributed by atoms with van der Waals surface area (Å²) >= 11 is 0. The van der Waals surface area contributed by atoms with Crippen LogP contribution in [-0.4, -0.2) is 20.1 Å². The van der Waals surface area contributed by atoms with E-state index in [4.69, 9.17) is 0 Å². The van der Waals surface area contributed by atoms with Crippen molar-refractivity contribution in [2.75, 3.05) is 25.0 Å². The standard InChI is InChI=1S/C19H24N2/c1-20-13-6-11-17-9-5-10-18-12-14-21(19(17)18)15-16-7-3-2-4-8-16/h2-5,7-10,20H,6,11-15H2,1H3. The predicted molar refractivity (Wildman–Crippen MR) is 89.9 cm³/mol. The maximum Gasteiger partial charge on any atom is 0.0435 e. The third-order valence-electron chi connectivity index (χ3n) is 4.26. The molecule has 2 heteroatoms. The Labute approximate surface area is 127 Å². The van der Waals surface area contributed by atoms with Crippen molar-refractivity contribution in [2.45, 2.75) is 25.8 Å². The number of hydrogen-bond acceptors (Lipinski definition) is 2. The molecule has 0 bridgehead atoms. The van der Waals surface area contributed by atoms with Gasteiger partial charge in [-0.05, 0) is 49.5 Å². The SMILES string of the molecule is CNCCCc1cccc2c1N(Cc1ccccc1)CC2. The van der Waals surface area contributed by atoms with Gasteiger partial charge in [0, 0.05) is 18.8 Å². The van der Waals surface area contributed by atoms with Crippen LogP contribution in [0.1, 0.15) is 23.1 Å². The van der Waals surface area contributed by atoms with E-state index in [2.05, 4.69) is 58.7 Å². The van der Waals surface area contributed by atoms with E-state index in [0.717, 1.165) is 26.1 Å². The Kier molecular flexibility index (Phi) is 4.56. The van der Waals surface area contributed by atoms with E-state index in [-0.39, 0.29) is 0 Å². The lowest BCUT2D eigenvalue weighted by molar-refractivity contribution is 0.722. The molecule has 1 heterocycles. The first-order valence-electron chi connectivity index (χ1n) is 7.92. The number of aryl methyl sites for hydroxylation is 1. The van der Waals surface area contributed by atoms with E-state index in [1.165, 1.54) is 35.2 Å². The fourth-order valence-corrected chi connectivity index (χ4v) is 3.24. The molecule has 110 valence electrons. The van der Waals surface area contributed by atoms with Crippen molar-refractivity contribution in [3.63, 3.8) is 0 Å². The minimum Gasteiger partial charge on any atom is -0.366 e. The fraction of sp³-hybridized carbons (Fsp3) is 0.368. The summed E-state index contributed by atoms with van der Waals surface area (Å²) in [6.45, 7) is 3.26. The first kappa shape index (κ1) is 14.2. The van der Waals surface area contributed by atoms with Crippen LogP contribution in [0.5, 0.6) is 0 Å². The number of benzene rings is 2. The number of nitrogens with zero attached hydrogens (tertiary/aromatic N) is 1. The van der Waals surface area contributed by atoms with Crippen molar-refractivity contribution in [2.24, 2.45) is 0 Å². The average molecular weight is 280 g/mol. The molecule has 2 aromatic carbocycles. The van der Waals surface area contributed by atoms with Gasteiger partial charge in [-0.3, -0.25) is 0 Å². The van der Waals surface area contributed by atoms with Crippen LogP contribution in [0.2, 0.25) is 0 Å². The Bertz CT molecular complexity index is 577. The maximum absolute atomic E-state index is 3.24. The van der Waals surface area contributed by atoms with Crippen LogP contribution in [0, 0.1) is 0 Å². The molecule has 0 aliphatic carbocycles. The van der Waals surface area contributed by atoms with E-state index >= 15 is 0 Å². The number of anilines is 1. The number of para-hydroxylation sites is 1. The molecule has 2 aromatic rings. The lowest BCUT2D eigenvalue weighted by Gasteiger charge is -2.22. The highest BCUT2D eigenvalue weighted by Gasteiger charge is 2.21.